The summed E-state index contributed by atoms with van der Waals surface area (Å²) in [6.45, 7) is -0.0887. The number of carbonyl (C=O) groups is 1. The second-order valence-electron chi connectivity index (χ2n) is 5.91. The summed E-state index contributed by atoms with van der Waals surface area (Å²) in [5.41, 5.74) is 0.749. The Balaban J connectivity index is 1.78. The minimum absolute atomic E-state index is 0.0153. The van der Waals surface area contributed by atoms with E-state index in [0.29, 0.717) is 28.0 Å². The number of methoxy groups -OCH3 is 2. The molecule has 3 aromatic rings. The Morgan fingerprint density at radius 1 is 1.19 bits per heavy atom. The van der Waals surface area contributed by atoms with Crippen molar-refractivity contribution in [2.75, 3.05) is 20.8 Å². The van der Waals surface area contributed by atoms with Crippen LogP contribution in [0.3, 0.4) is 0 Å². The molecule has 0 bridgehead atoms. The number of ether oxygens (including phenoxy) is 2. The number of rotatable bonds is 6. The Hall–Kier alpha value is -3.32. The number of fused-ring (bicyclic) bond motifs is 1. The molecular formula is C20H20N2O5. The van der Waals surface area contributed by atoms with Gasteiger partial charge in [0, 0.05) is 29.2 Å². The number of aromatic nitrogens is 1. The third-order valence-electron chi connectivity index (χ3n) is 4.28. The quantitative estimate of drug-likeness (QED) is 0.618. The molecule has 1 amide bonds. The standard InChI is InChI=1S/C20H20N2O5/c1-26-12-7-8-18(27-2)14(9-12)17(23)11-22-20(25)15-10-21-16-6-4-3-5-13(16)19(15)24/h3-10,17,23H,11H2,1-2H3,(H,21,24)(H,22,25). The number of para-hydroxylation sites is 1. The van der Waals surface area contributed by atoms with Crippen molar-refractivity contribution in [1.82, 2.24) is 10.3 Å². The average molecular weight is 368 g/mol. The first-order valence-electron chi connectivity index (χ1n) is 8.33. The van der Waals surface area contributed by atoms with Crippen LogP contribution in [0.2, 0.25) is 0 Å². The number of aliphatic hydroxyl groups excluding tert-OH is 1. The van der Waals surface area contributed by atoms with Crippen molar-refractivity contribution in [2.45, 2.75) is 6.10 Å². The van der Waals surface area contributed by atoms with E-state index in [0.717, 1.165) is 0 Å². The van der Waals surface area contributed by atoms with Gasteiger partial charge in [-0.3, -0.25) is 9.59 Å². The number of benzene rings is 2. The van der Waals surface area contributed by atoms with Gasteiger partial charge in [-0.05, 0) is 30.3 Å². The molecule has 2 aromatic carbocycles. The van der Waals surface area contributed by atoms with Crippen molar-refractivity contribution in [3.05, 3.63) is 70.0 Å². The molecule has 0 saturated heterocycles. The topological polar surface area (TPSA) is 101 Å². The molecule has 3 rings (SSSR count). The number of pyridine rings is 1. The molecule has 0 aliphatic carbocycles. The van der Waals surface area contributed by atoms with Gasteiger partial charge in [-0.2, -0.15) is 0 Å². The molecule has 0 radical (unpaired) electrons. The largest absolute Gasteiger partial charge is 0.497 e. The summed E-state index contributed by atoms with van der Waals surface area (Å²) in [6.07, 6.45) is 0.344. The van der Waals surface area contributed by atoms with Gasteiger partial charge in [0.1, 0.15) is 23.2 Å². The molecule has 0 aliphatic heterocycles. The van der Waals surface area contributed by atoms with Gasteiger partial charge >= 0.3 is 0 Å². The van der Waals surface area contributed by atoms with Crippen LogP contribution in [0.1, 0.15) is 22.0 Å². The second-order valence-corrected chi connectivity index (χ2v) is 5.91. The van der Waals surface area contributed by atoms with Crippen LogP contribution in [0.4, 0.5) is 0 Å². The molecule has 7 nitrogen and oxygen atoms in total. The van der Waals surface area contributed by atoms with Gasteiger partial charge in [0.15, 0.2) is 0 Å². The van der Waals surface area contributed by atoms with Crippen LogP contribution in [0.15, 0.2) is 53.5 Å². The van der Waals surface area contributed by atoms with Gasteiger partial charge in [-0.1, -0.05) is 12.1 Å². The van der Waals surface area contributed by atoms with E-state index in [-0.39, 0.29) is 17.5 Å². The van der Waals surface area contributed by atoms with Crippen LogP contribution in [0, 0.1) is 0 Å². The maximum atomic E-state index is 12.5. The highest BCUT2D eigenvalue weighted by Crippen LogP contribution is 2.29. The summed E-state index contributed by atoms with van der Waals surface area (Å²) in [5, 5.41) is 13.5. The van der Waals surface area contributed by atoms with Crippen LogP contribution >= 0.6 is 0 Å². The Morgan fingerprint density at radius 3 is 2.70 bits per heavy atom. The Kier molecular flexibility index (Phi) is 5.42. The van der Waals surface area contributed by atoms with Crippen molar-refractivity contribution in [1.29, 1.82) is 0 Å². The first-order chi connectivity index (χ1) is 13.0. The van der Waals surface area contributed by atoms with Crippen LogP contribution in [0.25, 0.3) is 10.9 Å². The third-order valence-corrected chi connectivity index (χ3v) is 4.28. The number of carbonyl (C=O) groups excluding carboxylic acids is 1. The van der Waals surface area contributed by atoms with Crippen molar-refractivity contribution < 1.29 is 19.4 Å². The highest BCUT2D eigenvalue weighted by Gasteiger charge is 2.18. The molecule has 0 aliphatic rings. The molecule has 0 saturated carbocycles. The van der Waals surface area contributed by atoms with Gasteiger partial charge in [0.05, 0.1) is 14.2 Å². The molecule has 1 atom stereocenters. The zero-order valence-corrected chi connectivity index (χ0v) is 15.0. The molecule has 7 heteroatoms. The smallest absolute Gasteiger partial charge is 0.256 e. The van der Waals surface area contributed by atoms with Crippen LogP contribution in [-0.4, -0.2) is 36.8 Å². The lowest BCUT2D eigenvalue weighted by atomic mass is 10.1. The average Bonchev–Trinajstić information content (AvgIpc) is 2.71. The van der Waals surface area contributed by atoms with Crippen molar-refractivity contribution in [2.24, 2.45) is 0 Å². The molecular weight excluding hydrogens is 348 g/mol. The number of aliphatic hydroxyl groups is 1. The molecule has 140 valence electrons. The van der Waals surface area contributed by atoms with Gasteiger partial charge in [-0.25, -0.2) is 0 Å². The Morgan fingerprint density at radius 2 is 1.96 bits per heavy atom. The fourth-order valence-corrected chi connectivity index (χ4v) is 2.83. The molecule has 1 aromatic heterocycles. The third kappa shape index (κ3) is 3.78. The van der Waals surface area contributed by atoms with Gasteiger partial charge in [0.25, 0.3) is 5.91 Å². The van der Waals surface area contributed by atoms with E-state index >= 15 is 0 Å². The predicted molar refractivity (Wildman–Crippen MR) is 101 cm³/mol. The SMILES string of the molecule is COc1ccc(OC)c(C(O)CNC(=O)c2c[nH]c3ccccc3c2=O)c1. The van der Waals surface area contributed by atoms with E-state index in [4.69, 9.17) is 9.47 Å². The minimum atomic E-state index is -1.03. The second kappa shape index (κ2) is 7.92. The zero-order chi connectivity index (χ0) is 19.4. The Bertz CT molecular complexity index is 1030. The van der Waals surface area contributed by atoms with E-state index in [1.165, 1.54) is 20.4 Å². The monoisotopic (exact) mass is 368 g/mol. The molecule has 3 N–H and O–H groups in total. The molecule has 1 heterocycles. The van der Waals surface area contributed by atoms with Crippen molar-refractivity contribution in [3.63, 3.8) is 0 Å². The van der Waals surface area contributed by atoms with E-state index in [2.05, 4.69) is 10.3 Å². The summed E-state index contributed by atoms with van der Waals surface area (Å²) in [4.78, 5) is 27.8. The lowest BCUT2D eigenvalue weighted by molar-refractivity contribution is 0.0913. The maximum absolute atomic E-state index is 12.5. The molecule has 0 spiro atoms. The number of hydrogen-bond donors (Lipinski definition) is 3. The normalized spacial score (nSPS) is 11.8. The van der Waals surface area contributed by atoms with Gasteiger partial charge in [0.2, 0.25) is 5.43 Å². The summed E-state index contributed by atoms with van der Waals surface area (Å²) in [5.74, 6) is 0.464. The van der Waals surface area contributed by atoms with E-state index < -0.39 is 12.0 Å². The lowest BCUT2D eigenvalue weighted by Gasteiger charge is -2.16. The Labute approximate surface area is 155 Å². The molecule has 0 fully saturated rings. The maximum Gasteiger partial charge on any atom is 0.256 e. The molecule has 27 heavy (non-hydrogen) atoms. The summed E-state index contributed by atoms with van der Waals surface area (Å²) in [7, 11) is 3.01. The van der Waals surface area contributed by atoms with Crippen molar-refractivity contribution in [3.8, 4) is 11.5 Å². The number of aromatic amines is 1. The number of amides is 1. The fourth-order valence-electron chi connectivity index (χ4n) is 2.83. The highest BCUT2D eigenvalue weighted by molar-refractivity contribution is 5.97. The lowest BCUT2D eigenvalue weighted by Crippen LogP contribution is -2.32. The van der Waals surface area contributed by atoms with Gasteiger partial charge < -0.3 is 24.9 Å². The van der Waals surface area contributed by atoms with Crippen molar-refractivity contribution >= 4 is 16.8 Å². The van der Waals surface area contributed by atoms with Crippen LogP contribution in [-0.2, 0) is 0 Å². The van der Waals surface area contributed by atoms with Crippen LogP contribution in [0.5, 0.6) is 11.5 Å². The summed E-state index contributed by atoms with van der Waals surface area (Å²) < 4.78 is 10.4. The predicted octanol–water partition coefficient (Wildman–Crippen LogP) is 2.01. The van der Waals surface area contributed by atoms with E-state index in [9.17, 15) is 14.7 Å². The highest BCUT2D eigenvalue weighted by atomic mass is 16.5. The van der Waals surface area contributed by atoms with Gasteiger partial charge in [-0.15, -0.1) is 0 Å². The number of hydrogen-bond acceptors (Lipinski definition) is 5. The number of nitrogens with one attached hydrogen (secondary N) is 2. The minimum Gasteiger partial charge on any atom is -0.497 e. The summed E-state index contributed by atoms with van der Waals surface area (Å²) >= 11 is 0. The fraction of sp³-hybridized carbons (Fsp3) is 0.200. The van der Waals surface area contributed by atoms with E-state index in [1.54, 1.807) is 42.5 Å². The zero-order valence-electron chi connectivity index (χ0n) is 15.0. The van der Waals surface area contributed by atoms with Crippen LogP contribution < -0.4 is 20.2 Å². The van der Waals surface area contributed by atoms with E-state index in [1.807, 2.05) is 0 Å². The number of H-pyrrole nitrogens is 1. The first-order valence-corrected chi connectivity index (χ1v) is 8.33. The first kappa shape index (κ1) is 18.5. The molecule has 1 unspecified atom stereocenters. The summed E-state index contributed by atoms with van der Waals surface area (Å²) in [6, 6.07) is 12.0.